The van der Waals surface area contributed by atoms with Crippen molar-refractivity contribution in [2.24, 2.45) is 0 Å². The monoisotopic (exact) mass is 343 g/mol. The predicted molar refractivity (Wildman–Crippen MR) is 105 cm³/mol. The second-order valence-electron chi connectivity index (χ2n) is 5.33. The average molecular weight is 344 g/mol. The molecular weight excluding hydrogens is 320 g/mol. The van der Waals surface area contributed by atoms with E-state index in [1.807, 2.05) is 22.7 Å². The first-order valence-corrected chi connectivity index (χ1v) is 9.84. The van der Waals surface area contributed by atoms with Gasteiger partial charge in [-0.25, -0.2) is 0 Å². The topological polar surface area (TPSA) is 7.12 Å². The van der Waals surface area contributed by atoms with Gasteiger partial charge in [-0.3, -0.25) is 0 Å². The van der Waals surface area contributed by atoms with Gasteiger partial charge < -0.3 is 4.90 Å². The van der Waals surface area contributed by atoms with Gasteiger partial charge in [-0.15, -0.1) is 11.3 Å². The standard InChI is InChI=1S/C19H23N2S2/c1-4-20(5-2)18-13-11-15(22-18)12-14-19-21(6-3)16-9-7-8-10-17(16)23-19/h7-14H,4-6H2,1-3H3/q+1. The van der Waals surface area contributed by atoms with Gasteiger partial charge in [0.05, 0.1) is 5.00 Å². The molecule has 0 aliphatic carbocycles. The first-order valence-electron chi connectivity index (χ1n) is 8.21. The Morgan fingerprint density at radius 3 is 2.48 bits per heavy atom. The van der Waals surface area contributed by atoms with Gasteiger partial charge in [0.25, 0.3) is 5.01 Å². The summed E-state index contributed by atoms with van der Waals surface area (Å²) in [5.41, 5.74) is 1.33. The maximum absolute atomic E-state index is 2.40. The lowest BCUT2D eigenvalue weighted by molar-refractivity contribution is -0.665. The molecule has 0 saturated carbocycles. The van der Waals surface area contributed by atoms with Gasteiger partial charge in [-0.2, -0.15) is 4.57 Å². The van der Waals surface area contributed by atoms with Crippen molar-refractivity contribution in [2.45, 2.75) is 27.3 Å². The molecule has 0 unspecified atom stereocenters. The van der Waals surface area contributed by atoms with E-state index in [0.29, 0.717) is 0 Å². The highest BCUT2D eigenvalue weighted by atomic mass is 32.1. The molecule has 2 nitrogen and oxygen atoms in total. The molecule has 1 aromatic carbocycles. The van der Waals surface area contributed by atoms with Crippen molar-refractivity contribution in [3.63, 3.8) is 0 Å². The highest BCUT2D eigenvalue weighted by Gasteiger charge is 2.16. The fourth-order valence-electron chi connectivity index (χ4n) is 2.79. The highest BCUT2D eigenvalue weighted by molar-refractivity contribution is 7.19. The zero-order valence-corrected chi connectivity index (χ0v) is 15.6. The van der Waals surface area contributed by atoms with Crippen molar-refractivity contribution in [3.8, 4) is 0 Å². The van der Waals surface area contributed by atoms with Gasteiger partial charge in [0.2, 0.25) is 5.52 Å². The van der Waals surface area contributed by atoms with Gasteiger partial charge >= 0.3 is 0 Å². The molecule has 23 heavy (non-hydrogen) atoms. The smallest absolute Gasteiger partial charge is 0.262 e. The number of anilines is 1. The lowest BCUT2D eigenvalue weighted by atomic mass is 10.3. The van der Waals surface area contributed by atoms with Crippen molar-refractivity contribution in [1.82, 2.24) is 0 Å². The van der Waals surface area contributed by atoms with E-state index in [2.05, 4.69) is 78.8 Å². The first-order chi connectivity index (χ1) is 11.3. The van der Waals surface area contributed by atoms with E-state index in [1.165, 1.54) is 25.1 Å². The van der Waals surface area contributed by atoms with Crippen molar-refractivity contribution in [1.29, 1.82) is 0 Å². The third-order valence-corrected chi connectivity index (χ3v) is 6.27. The number of thiazole rings is 1. The Labute approximate surface area is 146 Å². The van der Waals surface area contributed by atoms with Crippen LogP contribution in [0, 0.1) is 0 Å². The predicted octanol–water partition coefficient (Wildman–Crippen LogP) is 5.29. The van der Waals surface area contributed by atoms with Crippen molar-refractivity contribution >= 4 is 50.0 Å². The Hall–Kier alpha value is -1.65. The third-order valence-electron chi connectivity index (χ3n) is 4.03. The number of benzene rings is 1. The Balaban J connectivity index is 1.88. The number of rotatable bonds is 6. The van der Waals surface area contributed by atoms with Crippen molar-refractivity contribution in [2.75, 3.05) is 18.0 Å². The summed E-state index contributed by atoms with van der Waals surface area (Å²) in [4.78, 5) is 3.71. The fourth-order valence-corrected chi connectivity index (χ4v) is 4.96. The van der Waals surface area contributed by atoms with Crippen LogP contribution >= 0.6 is 22.7 Å². The summed E-state index contributed by atoms with van der Waals surface area (Å²) in [6.45, 7) is 9.75. The van der Waals surface area contributed by atoms with Crippen LogP contribution in [0.25, 0.3) is 22.4 Å². The van der Waals surface area contributed by atoms with Crippen LogP contribution in [0.3, 0.4) is 0 Å². The molecule has 0 atom stereocenters. The highest BCUT2D eigenvalue weighted by Crippen LogP contribution is 2.28. The second kappa shape index (κ2) is 7.28. The molecule has 0 radical (unpaired) electrons. The van der Waals surface area contributed by atoms with Gasteiger partial charge in [0.15, 0.2) is 0 Å². The molecule has 2 aromatic heterocycles. The third kappa shape index (κ3) is 3.33. The number of nitrogens with zero attached hydrogens (tertiary/aromatic N) is 2. The molecule has 0 spiro atoms. The number of hydrogen-bond acceptors (Lipinski definition) is 3. The first kappa shape index (κ1) is 16.2. The van der Waals surface area contributed by atoms with Crippen LogP contribution in [0.2, 0.25) is 0 Å². The van der Waals surface area contributed by atoms with Crippen LogP contribution in [0.15, 0.2) is 36.4 Å². The lowest BCUT2D eigenvalue weighted by Crippen LogP contribution is -2.33. The fraction of sp³-hybridized carbons (Fsp3) is 0.316. The molecule has 4 heteroatoms. The molecule has 3 rings (SSSR count). The Bertz CT molecular complexity index is 810. The molecule has 120 valence electrons. The molecule has 0 saturated heterocycles. The minimum atomic E-state index is 0.999. The molecule has 3 aromatic rings. The van der Waals surface area contributed by atoms with Crippen LogP contribution in [-0.2, 0) is 6.54 Å². The molecule has 0 bridgehead atoms. The van der Waals surface area contributed by atoms with E-state index < -0.39 is 0 Å². The molecule has 0 amide bonds. The summed E-state index contributed by atoms with van der Waals surface area (Å²) >= 11 is 3.72. The summed E-state index contributed by atoms with van der Waals surface area (Å²) in [7, 11) is 0. The largest absolute Gasteiger partial charge is 0.364 e. The molecule has 0 fully saturated rings. The van der Waals surface area contributed by atoms with E-state index in [-0.39, 0.29) is 0 Å². The van der Waals surface area contributed by atoms with E-state index in [9.17, 15) is 0 Å². The summed E-state index contributed by atoms with van der Waals surface area (Å²) in [6, 6.07) is 13.1. The van der Waals surface area contributed by atoms with Gasteiger partial charge in [0, 0.05) is 30.1 Å². The molecule has 0 aliphatic heterocycles. The summed E-state index contributed by atoms with van der Waals surface area (Å²) in [6.07, 6.45) is 4.50. The van der Waals surface area contributed by atoms with Crippen LogP contribution < -0.4 is 9.47 Å². The van der Waals surface area contributed by atoms with Gasteiger partial charge in [0.1, 0.15) is 11.2 Å². The van der Waals surface area contributed by atoms with E-state index >= 15 is 0 Å². The van der Waals surface area contributed by atoms with Crippen LogP contribution in [0.4, 0.5) is 5.00 Å². The minimum absolute atomic E-state index is 0.999. The Morgan fingerprint density at radius 2 is 1.74 bits per heavy atom. The van der Waals surface area contributed by atoms with E-state index in [0.717, 1.165) is 19.6 Å². The maximum Gasteiger partial charge on any atom is 0.262 e. The normalized spacial score (nSPS) is 11.6. The molecule has 2 heterocycles. The number of aromatic nitrogens is 1. The van der Waals surface area contributed by atoms with E-state index in [4.69, 9.17) is 0 Å². The number of hydrogen-bond donors (Lipinski definition) is 0. The summed E-state index contributed by atoms with van der Waals surface area (Å²) < 4.78 is 3.74. The Morgan fingerprint density at radius 1 is 0.957 bits per heavy atom. The second-order valence-corrected chi connectivity index (χ2v) is 7.49. The van der Waals surface area contributed by atoms with Gasteiger partial charge in [-0.1, -0.05) is 23.5 Å². The average Bonchev–Trinajstić information content (AvgIpc) is 3.18. The van der Waals surface area contributed by atoms with Crippen LogP contribution in [0.1, 0.15) is 30.7 Å². The van der Waals surface area contributed by atoms with Gasteiger partial charge in [-0.05, 0) is 45.0 Å². The zero-order chi connectivity index (χ0) is 16.2. The SMILES string of the molecule is CCN(CC)c1ccc(C=Cc2sc3ccccc3[n+]2CC)s1. The van der Waals surface area contributed by atoms with Crippen LogP contribution in [0.5, 0.6) is 0 Å². The van der Waals surface area contributed by atoms with Crippen molar-refractivity contribution < 1.29 is 4.57 Å². The molecule has 0 aliphatic rings. The summed E-state index contributed by atoms with van der Waals surface area (Å²) in [5.74, 6) is 0. The number of thiophene rings is 1. The van der Waals surface area contributed by atoms with Crippen LogP contribution in [-0.4, -0.2) is 13.1 Å². The van der Waals surface area contributed by atoms with Crippen molar-refractivity contribution in [3.05, 3.63) is 46.3 Å². The maximum atomic E-state index is 2.40. The Kier molecular flexibility index (Phi) is 5.13. The quantitative estimate of drug-likeness (QED) is 0.552. The number of para-hydroxylation sites is 1. The minimum Gasteiger partial charge on any atom is -0.364 e. The number of fused-ring (bicyclic) bond motifs is 1. The molecular formula is C19H23N2S2+. The zero-order valence-electron chi connectivity index (χ0n) is 14.0. The van der Waals surface area contributed by atoms with E-state index in [1.54, 1.807) is 0 Å². The number of aryl methyl sites for hydroxylation is 1. The lowest BCUT2D eigenvalue weighted by Gasteiger charge is -2.17. The molecule has 0 N–H and O–H groups in total. The summed E-state index contributed by atoms with van der Waals surface area (Å²) in [5, 5.41) is 2.67.